The Morgan fingerprint density at radius 3 is 2.30 bits per heavy atom. The Balaban J connectivity index is 2.22. The van der Waals surface area contributed by atoms with E-state index in [-0.39, 0.29) is 11.5 Å². The van der Waals surface area contributed by atoms with Crippen LogP contribution in [0, 0.1) is 5.41 Å². The number of hydrogen-bond donors (Lipinski definition) is 1. The van der Waals surface area contributed by atoms with E-state index in [4.69, 9.17) is 5.73 Å². The van der Waals surface area contributed by atoms with Gasteiger partial charge in [0.15, 0.2) is 9.84 Å². The highest BCUT2D eigenvalue weighted by Crippen LogP contribution is 2.52. The maximum atomic E-state index is 11.0. The van der Waals surface area contributed by atoms with Gasteiger partial charge in [-0.2, -0.15) is 0 Å². The number of rotatable bonds is 0. The van der Waals surface area contributed by atoms with E-state index in [1.165, 1.54) is 0 Å². The van der Waals surface area contributed by atoms with Crippen LogP contribution in [0.4, 0.5) is 0 Å². The Morgan fingerprint density at radius 2 is 2.10 bits per heavy atom. The molecule has 0 bridgehead atoms. The van der Waals surface area contributed by atoms with Gasteiger partial charge in [0.25, 0.3) is 0 Å². The lowest BCUT2D eigenvalue weighted by atomic mass is 10.1. The summed E-state index contributed by atoms with van der Waals surface area (Å²) in [6.07, 6.45) is 1.72. The van der Waals surface area contributed by atoms with E-state index in [0.29, 0.717) is 11.5 Å². The molecule has 1 saturated carbocycles. The Bertz CT molecular complexity index is 259. The zero-order chi connectivity index (χ0) is 7.41. The first kappa shape index (κ1) is 6.61. The van der Waals surface area contributed by atoms with Crippen molar-refractivity contribution in [2.24, 2.45) is 11.1 Å². The van der Waals surface area contributed by atoms with E-state index < -0.39 is 9.84 Å². The summed E-state index contributed by atoms with van der Waals surface area (Å²) in [7, 11) is -2.70. The lowest BCUT2D eigenvalue weighted by molar-refractivity contribution is 0.557. The molecule has 1 aliphatic heterocycles. The third-order valence-electron chi connectivity index (χ3n) is 2.67. The van der Waals surface area contributed by atoms with Gasteiger partial charge < -0.3 is 5.73 Å². The fourth-order valence-electron chi connectivity index (χ4n) is 1.77. The monoisotopic (exact) mass is 161 g/mol. The molecule has 0 aromatic carbocycles. The molecule has 4 heteroatoms. The number of sulfone groups is 1. The Hall–Kier alpha value is -0.0900. The first-order valence-corrected chi connectivity index (χ1v) is 5.32. The molecule has 3 nitrogen and oxygen atoms in total. The predicted octanol–water partition coefficient (Wildman–Crippen LogP) is -0.478. The van der Waals surface area contributed by atoms with Gasteiger partial charge >= 0.3 is 0 Å². The fourth-order valence-corrected chi connectivity index (χ4v) is 3.99. The normalized spacial score (nSPS) is 49.9. The Morgan fingerprint density at radius 1 is 1.50 bits per heavy atom. The largest absolute Gasteiger partial charge is 0.327 e. The zero-order valence-corrected chi connectivity index (χ0v) is 6.52. The smallest absolute Gasteiger partial charge is 0.150 e. The standard InChI is InChI=1S/C6H11NO2S/c7-5-3-6(5)1-2-10(8,9)4-6/h5H,1-4,7H2. The summed E-state index contributed by atoms with van der Waals surface area (Å²) < 4.78 is 22.0. The Labute approximate surface area is 60.5 Å². The molecule has 2 rings (SSSR count). The molecule has 1 aliphatic carbocycles. The van der Waals surface area contributed by atoms with Crippen LogP contribution in [-0.2, 0) is 9.84 Å². The summed E-state index contributed by atoms with van der Waals surface area (Å²) in [4.78, 5) is 0. The molecule has 0 aromatic heterocycles. The molecule has 1 saturated heterocycles. The van der Waals surface area contributed by atoms with Crippen LogP contribution in [0.1, 0.15) is 12.8 Å². The second-order valence-corrected chi connectivity index (χ2v) is 5.70. The highest BCUT2D eigenvalue weighted by Gasteiger charge is 2.57. The van der Waals surface area contributed by atoms with E-state index in [1.54, 1.807) is 0 Å². The molecule has 2 unspecified atom stereocenters. The molecular weight excluding hydrogens is 150 g/mol. The Kier molecular flexibility index (Phi) is 1.03. The van der Waals surface area contributed by atoms with Crippen LogP contribution in [-0.4, -0.2) is 26.0 Å². The van der Waals surface area contributed by atoms with E-state index in [9.17, 15) is 8.42 Å². The molecule has 0 radical (unpaired) electrons. The SMILES string of the molecule is NC1CC12CCS(=O)(=O)C2. The van der Waals surface area contributed by atoms with Gasteiger partial charge in [-0.05, 0) is 12.8 Å². The second-order valence-electron chi connectivity index (χ2n) is 3.52. The zero-order valence-electron chi connectivity index (χ0n) is 5.71. The van der Waals surface area contributed by atoms with E-state index >= 15 is 0 Å². The molecule has 58 valence electrons. The van der Waals surface area contributed by atoms with Gasteiger partial charge in [-0.3, -0.25) is 0 Å². The van der Waals surface area contributed by atoms with Gasteiger partial charge in [-0.1, -0.05) is 0 Å². The second kappa shape index (κ2) is 1.56. The lowest BCUT2D eigenvalue weighted by Crippen LogP contribution is -2.15. The highest BCUT2D eigenvalue weighted by molar-refractivity contribution is 7.91. The van der Waals surface area contributed by atoms with Gasteiger partial charge in [-0.15, -0.1) is 0 Å². The predicted molar refractivity (Wildman–Crippen MR) is 38.3 cm³/mol. The van der Waals surface area contributed by atoms with Crippen molar-refractivity contribution in [2.45, 2.75) is 18.9 Å². The molecule has 1 heterocycles. The highest BCUT2D eigenvalue weighted by atomic mass is 32.2. The van der Waals surface area contributed by atoms with Crippen LogP contribution in [0.2, 0.25) is 0 Å². The van der Waals surface area contributed by atoms with Crippen LogP contribution in [0.5, 0.6) is 0 Å². The van der Waals surface area contributed by atoms with Gasteiger partial charge in [0.1, 0.15) is 0 Å². The van der Waals surface area contributed by atoms with Crippen molar-refractivity contribution in [3.8, 4) is 0 Å². The van der Waals surface area contributed by atoms with Crippen molar-refractivity contribution in [3.05, 3.63) is 0 Å². The molecule has 2 aliphatic rings. The summed E-state index contributed by atoms with van der Waals surface area (Å²) in [5.41, 5.74) is 5.65. The quantitative estimate of drug-likeness (QED) is 0.522. The summed E-state index contributed by atoms with van der Waals surface area (Å²) in [6, 6.07) is 0.171. The minimum absolute atomic E-state index is 0.0266. The van der Waals surface area contributed by atoms with Crippen LogP contribution < -0.4 is 5.73 Å². The van der Waals surface area contributed by atoms with Crippen molar-refractivity contribution in [1.82, 2.24) is 0 Å². The topological polar surface area (TPSA) is 60.2 Å². The van der Waals surface area contributed by atoms with Crippen LogP contribution in [0.3, 0.4) is 0 Å². The molecular formula is C6H11NO2S. The average Bonchev–Trinajstić information content (AvgIpc) is 2.25. The third-order valence-corrected chi connectivity index (χ3v) is 4.51. The average molecular weight is 161 g/mol. The molecule has 0 aromatic rings. The molecule has 2 atom stereocenters. The van der Waals surface area contributed by atoms with E-state index in [2.05, 4.69) is 0 Å². The van der Waals surface area contributed by atoms with Crippen molar-refractivity contribution in [2.75, 3.05) is 11.5 Å². The minimum Gasteiger partial charge on any atom is -0.327 e. The van der Waals surface area contributed by atoms with Crippen molar-refractivity contribution in [3.63, 3.8) is 0 Å². The molecule has 0 amide bonds. The first-order chi connectivity index (χ1) is 4.54. The van der Waals surface area contributed by atoms with E-state index in [0.717, 1.165) is 12.8 Å². The summed E-state index contributed by atoms with van der Waals surface area (Å²) in [5.74, 6) is 0.710. The van der Waals surface area contributed by atoms with Gasteiger partial charge in [-0.25, -0.2) is 8.42 Å². The van der Waals surface area contributed by atoms with Crippen LogP contribution in [0.25, 0.3) is 0 Å². The molecule has 10 heavy (non-hydrogen) atoms. The van der Waals surface area contributed by atoms with Crippen molar-refractivity contribution in [1.29, 1.82) is 0 Å². The molecule has 1 spiro atoms. The maximum absolute atomic E-state index is 11.0. The van der Waals surface area contributed by atoms with Gasteiger partial charge in [0.05, 0.1) is 11.5 Å². The fraction of sp³-hybridized carbons (Fsp3) is 1.00. The minimum atomic E-state index is -2.70. The third kappa shape index (κ3) is 0.787. The lowest BCUT2D eigenvalue weighted by Gasteiger charge is -1.99. The maximum Gasteiger partial charge on any atom is 0.150 e. The molecule has 2 fully saturated rings. The van der Waals surface area contributed by atoms with Gasteiger partial charge in [0.2, 0.25) is 0 Å². The van der Waals surface area contributed by atoms with Gasteiger partial charge in [0, 0.05) is 11.5 Å². The molecule has 2 N–H and O–H groups in total. The summed E-state index contributed by atoms with van der Waals surface area (Å²) >= 11 is 0. The van der Waals surface area contributed by atoms with Crippen molar-refractivity contribution < 1.29 is 8.42 Å². The van der Waals surface area contributed by atoms with E-state index in [1.807, 2.05) is 0 Å². The van der Waals surface area contributed by atoms with Crippen molar-refractivity contribution >= 4 is 9.84 Å². The number of hydrogen-bond acceptors (Lipinski definition) is 3. The van der Waals surface area contributed by atoms with Crippen LogP contribution >= 0.6 is 0 Å². The number of nitrogens with two attached hydrogens (primary N) is 1. The summed E-state index contributed by atoms with van der Waals surface area (Å²) in [6.45, 7) is 0. The van der Waals surface area contributed by atoms with Crippen LogP contribution in [0.15, 0.2) is 0 Å². The first-order valence-electron chi connectivity index (χ1n) is 3.50. The summed E-state index contributed by atoms with van der Waals surface area (Å²) in [5, 5.41) is 0.